The Morgan fingerprint density at radius 2 is 1.94 bits per heavy atom. The van der Waals surface area contributed by atoms with Crippen LogP contribution < -0.4 is 5.73 Å². The van der Waals surface area contributed by atoms with E-state index in [1.165, 1.54) is 12.8 Å². The molecule has 0 heterocycles. The normalized spacial score (nSPS) is 17.8. The third kappa shape index (κ3) is 3.08. The highest BCUT2D eigenvalue weighted by molar-refractivity contribution is 9.10. The molecule has 1 atom stereocenters. The number of rotatable bonds is 2. The summed E-state index contributed by atoms with van der Waals surface area (Å²) < 4.78 is 0.542. The zero-order chi connectivity index (χ0) is 11.7. The SMILES string of the molecule is Cl.N[C@@H](c1ccc(Cl)c(Br)c1O)C1CCCC1. The molecule has 1 aromatic carbocycles. The molecule has 2 rings (SSSR count). The van der Waals surface area contributed by atoms with Gasteiger partial charge in [-0.15, -0.1) is 12.4 Å². The maximum Gasteiger partial charge on any atom is 0.136 e. The number of aromatic hydroxyl groups is 1. The highest BCUT2D eigenvalue weighted by Crippen LogP contribution is 2.41. The number of benzene rings is 1. The van der Waals surface area contributed by atoms with E-state index < -0.39 is 0 Å². The van der Waals surface area contributed by atoms with E-state index in [2.05, 4.69) is 15.9 Å². The van der Waals surface area contributed by atoms with Crippen molar-refractivity contribution in [2.75, 3.05) is 0 Å². The Hall–Kier alpha value is 0.0400. The van der Waals surface area contributed by atoms with E-state index in [4.69, 9.17) is 17.3 Å². The largest absolute Gasteiger partial charge is 0.506 e. The molecule has 1 fully saturated rings. The summed E-state index contributed by atoms with van der Waals surface area (Å²) in [5, 5.41) is 10.5. The van der Waals surface area contributed by atoms with Gasteiger partial charge in [0, 0.05) is 11.6 Å². The van der Waals surface area contributed by atoms with Gasteiger partial charge in [0.1, 0.15) is 5.75 Å². The average molecular weight is 341 g/mol. The van der Waals surface area contributed by atoms with Gasteiger partial charge in [-0.25, -0.2) is 0 Å². The minimum Gasteiger partial charge on any atom is -0.506 e. The lowest BCUT2D eigenvalue weighted by atomic mass is 9.92. The Morgan fingerprint density at radius 1 is 1.35 bits per heavy atom. The summed E-state index contributed by atoms with van der Waals surface area (Å²) in [6.07, 6.45) is 4.80. The van der Waals surface area contributed by atoms with Crippen LogP contribution in [-0.2, 0) is 0 Å². The van der Waals surface area contributed by atoms with Crippen LogP contribution in [0.2, 0.25) is 5.02 Å². The molecule has 3 N–H and O–H groups in total. The van der Waals surface area contributed by atoms with Gasteiger partial charge in [-0.1, -0.05) is 30.5 Å². The second-order valence-electron chi connectivity index (χ2n) is 4.37. The fraction of sp³-hybridized carbons (Fsp3) is 0.500. The van der Waals surface area contributed by atoms with Gasteiger partial charge in [-0.3, -0.25) is 0 Å². The lowest BCUT2D eigenvalue weighted by molar-refractivity contribution is 0.411. The van der Waals surface area contributed by atoms with E-state index in [0.717, 1.165) is 18.4 Å². The first-order valence-corrected chi connectivity index (χ1v) is 6.71. The number of hydrogen-bond donors (Lipinski definition) is 2. The maximum absolute atomic E-state index is 10.00. The summed E-state index contributed by atoms with van der Waals surface area (Å²) in [5.74, 6) is 0.672. The van der Waals surface area contributed by atoms with Crippen LogP contribution in [0.25, 0.3) is 0 Å². The summed E-state index contributed by atoms with van der Waals surface area (Å²) in [7, 11) is 0. The predicted octanol–water partition coefficient (Wildman–Crippen LogP) is 4.42. The smallest absolute Gasteiger partial charge is 0.136 e. The third-order valence-corrected chi connectivity index (χ3v) is 4.71. The van der Waals surface area contributed by atoms with Crippen LogP contribution in [0.3, 0.4) is 0 Å². The van der Waals surface area contributed by atoms with Crippen LogP contribution in [0.5, 0.6) is 5.75 Å². The maximum atomic E-state index is 10.00. The monoisotopic (exact) mass is 339 g/mol. The molecule has 1 aliphatic carbocycles. The first kappa shape index (κ1) is 15.1. The topological polar surface area (TPSA) is 46.2 Å². The Kier molecular flexibility index (Phi) is 5.58. The van der Waals surface area contributed by atoms with Crippen molar-refractivity contribution in [3.63, 3.8) is 0 Å². The van der Waals surface area contributed by atoms with Crippen molar-refractivity contribution in [2.45, 2.75) is 31.7 Å². The lowest BCUT2D eigenvalue weighted by Crippen LogP contribution is -2.19. The minimum absolute atomic E-state index is 0. The van der Waals surface area contributed by atoms with Gasteiger partial charge in [-0.2, -0.15) is 0 Å². The van der Waals surface area contributed by atoms with E-state index in [1.54, 1.807) is 6.07 Å². The van der Waals surface area contributed by atoms with Gasteiger partial charge in [0.2, 0.25) is 0 Å². The van der Waals surface area contributed by atoms with Gasteiger partial charge in [-0.05, 0) is 40.8 Å². The zero-order valence-corrected chi connectivity index (χ0v) is 12.5. The summed E-state index contributed by atoms with van der Waals surface area (Å²) in [6.45, 7) is 0. The molecule has 0 aromatic heterocycles. The van der Waals surface area contributed by atoms with Crippen molar-refractivity contribution in [3.05, 3.63) is 27.2 Å². The number of nitrogens with two attached hydrogens (primary N) is 1. The Bertz CT molecular complexity index is 394. The van der Waals surface area contributed by atoms with Crippen LogP contribution in [0.15, 0.2) is 16.6 Å². The standard InChI is InChI=1S/C12H15BrClNO.ClH/c13-10-9(14)6-5-8(12(10)16)11(15)7-3-1-2-4-7;/h5-7,11,16H,1-4,15H2;1H/t11-;/m1./s1. The van der Waals surface area contributed by atoms with E-state index in [-0.39, 0.29) is 24.2 Å². The molecule has 96 valence electrons. The van der Waals surface area contributed by atoms with Crippen molar-refractivity contribution < 1.29 is 5.11 Å². The highest BCUT2D eigenvalue weighted by atomic mass is 79.9. The zero-order valence-electron chi connectivity index (χ0n) is 9.33. The molecule has 0 bridgehead atoms. The molecular formula is C12H16BrCl2NO. The number of phenolic OH excluding ortho intramolecular Hbond substituents is 1. The summed E-state index contributed by atoms with van der Waals surface area (Å²) in [6, 6.07) is 3.51. The third-order valence-electron chi connectivity index (χ3n) is 3.37. The van der Waals surface area contributed by atoms with Crippen molar-refractivity contribution >= 4 is 39.9 Å². The number of hydrogen-bond acceptors (Lipinski definition) is 2. The second-order valence-corrected chi connectivity index (χ2v) is 5.57. The van der Waals surface area contributed by atoms with E-state index in [0.29, 0.717) is 15.4 Å². The van der Waals surface area contributed by atoms with Gasteiger partial charge in [0.05, 0.1) is 9.50 Å². The van der Waals surface area contributed by atoms with Crippen molar-refractivity contribution in [1.29, 1.82) is 0 Å². The molecular weight excluding hydrogens is 325 g/mol. The van der Waals surface area contributed by atoms with E-state index >= 15 is 0 Å². The molecule has 5 heteroatoms. The molecule has 2 nitrogen and oxygen atoms in total. The van der Waals surface area contributed by atoms with Gasteiger partial charge in [0.15, 0.2) is 0 Å². The van der Waals surface area contributed by atoms with Crippen molar-refractivity contribution in [3.8, 4) is 5.75 Å². The number of phenols is 1. The second kappa shape index (κ2) is 6.28. The predicted molar refractivity (Wildman–Crippen MR) is 77.0 cm³/mol. The van der Waals surface area contributed by atoms with Gasteiger partial charge < -0.3 is 10.8 Å². The summed E-state index contributed by atoms with van der Waals surface area (Å²) in [4.78, 5) is 0. The molecule has 1 aliphatic rings. The van der Waals surface area contributed by atoms with Crippen LogP contribution in [0.1, 0.15) is 37.3 Å². The Morgan fingerprint density at radius 3 is 2.53 bits per heavy atom. The first-order chi connectivity index (χ1) is 7.61. The van der Waals surface area contributed by atoms with E-state index in [9.17, 15) is 5.11 Å². The molecule has 1 saturated carbocycles. The fourth-order valence-electron chi connectivity index (χ4n) is 2.39. The Balaban J connectivity index is 0.00000144. The van der Waals surface area contributed by atoms with Crippen LogP contribution >= 0.6 is 39.9 Å². The molecule has 1 aromatic rings. The molecule has 0 unspecified atom stereocenters. The van der Waals surface area contributed by atoms with Crippen molar-refractivity contribution in [1.82, 2.24) is 0 Å². The van der Waals surface area contributed by atoms with Crippen LogP contribution in [0.4, 0.5) is 0 Å². The lowest BCUT2D eigenvalue weighted by Gasteiger charge is -2.20. The minimum atomic E-state index is -0.0870. The van der Waals surface area contributed by atoms with E-state index in [1.807, 2.05) is 6.07 Å². The van der Waals surface area contributed by atoms with Gasteiger partial charge in [0.25, 0.3) is 0 Å². The summed E-state index contributed by atoms with van der Waals surface area (Å²) >= 11 is 9.17. The molecule has 0 saturated heterocycles. The number of halogens is 3. The molecule has 0 spiro atoms. The van der Waals surface area contributed by atoms with Gasteiger partial charge >= 0.3 is 0 Å². The first-order valence-electron chi connectivity index (χ1n) is 5.53. The fourth-order valence-corrected chi connectivity index (χ4v) is 2.91. The average Bonchev–Trinajstić information content (AvgIpc) is 2.79. The highest BCUT2D eigenvalue weighted by Gasteiger charge is 2.26. The molecule has 0 amide bonds. The van der Waals surface area contributed by atoms with Crippen LogP contribution in [-0.4, -0.2) is 5.11 Å². The molecule has 0 aliphatic heterocycles. The van der Waals surface area contributed by atoms with Crippen molar-refractivity contribution in [2.24, 2.45) is 11.7 Å². The quantitative estimate of drug-likeness (QED) is 0.837. The van der Waals surface area contributed by atoms with Crippen LogP contribution in [0, 0.1) is 5.92 Å². The molecule has 0 radical (unpaired) electrons. The Labute approximate surface area is 121 Å². The summed E-state index contributed by atoms with van der Waals surface area (Å²) in [5.41, 5.74) is 6.99. The molecule has 17 heavy (non-hydrogen) atoms.